The lowest BCUT2D eigenvalue weighted by Gasteiger charge is -2.11. The maximum Gasteiger partial charge on any atom is 0.304 e. The van der Waals surface area contributed by atoms with E-state index in [2.05, 4.69) is 10.1 Å². The van der Waals surface area contributed by atoms with Crippen LogP contribution in [0.2, 0.25) is 0 Å². The predicted molar refractivity (Wildman–Crippen MR) is 47.5 cm³/mol. The second kappa shape index (κ2) is 4.86. The zero-order valence-electron chi connectivity index (χ0n) is 7.81. The van der Waals surface area contributed by atoms with Crippen LogP contribution in [0.1, 0.15) is 0 Å². The summed E-state index contributed by atoms with van der Waals surface area (Å²) in [6.45, 7) is 0. The highest BCUT2D eigenvalue weighted by Crippen LogP contribution is 2.23. The zero-order valence-corrected chi connectivity index (χ0v) is 7.81. The molecule has 0 bridgehead atoms. The third-order valence-corrected chi connectivity index (χ3v) is 1.66. The first-order chi connectivity index (χ1) is 7.04. The number of nitrogens with one attached hydrogen (secondary N) is 1. The molecular formula is C9H9F4NO. The van der Waals surface area contributed by atoms with Gasteiger partial charge in [-0.2, -0.15) is 4.39 Å². The van der Waals surface area contributed by atoms with Crippen LogP contribution in [-0.4, -0.2) is 19.8 Å². The molecule has 0 saturated heterocycles. The molecule has 0 fully saturated rings. The van der Waals surface area contributed by atoms with Gasteiger partial charge < -0.3 is 10.1 Å². The largest absolute Gasteiger partial charge is 0.451 e. The molecule has 0 heterocycles. The van der Waals surface area contributed by atoms with Gasteiger partial charge in [-0.3, -0.25) is 0 Å². The van der Waals surface area contributed by atoms with Crippen LogP contribution in [0, 0.1) is 5.82 Å². The Bertz CT molecular complexity index is 332. The van der Waals surface area contributed by atoms with Crippen LogP contribution in [0.4, 0.5) is 23.2 Å². The van der Waals surface area contributed by atoms with Crippen LogP contribution >= 0.6 is 0 Å². The Hall–Kier alpha value is -1.46. The lowest BCUT2D eigenvalue weighted by atomic mass is 10.3. The zero-order chi connectivity index (χ0) is 11.4. The minimum atomic E-state index is -3.30. The van der Waals surface area contributed by atoms with E-state index in [9.17, 15) is 17.6 Å². The fourth-order valence-electron chi connectivity index (χ4n) is 0.925. The Morgan fingerprint density at radius 1 is 1.27 bits per heavy atom. The molecule has 0 radical (unpaired) electrons. The van der Waals surface area contributed by atoms with Gasteiger partial charge in [0, 0.05) is 18.8 Å². The summed E-state index contributed by atoms with van der Waals surface area (Å²) in [5.41, 5.74) is 0.437. The Morgan fingerprint density at radius 3 is 2.40 bits per heavy atom. The quantitative estimate of drug-likeness (QED) is 0.792. The van der Waals surface area contributed by atoms with Crippen molar-refractivity contribution in [2.75, 3.05) is 12.4 Å². The van der Waals surface area contributed by atoms with Gasteiger partial charge in [-0.15, -0.1) is 0 Å². The smallest absolute Gasteiger partial charge is 0.304 e. The van der Waals surface area contributed by atoms with Gasteiger partial charge in [0.15, 0.2) is 11.6 Å². The normalized spacial score (nSPS) is 12.7. The average molecular weight is 223 g/mol. The SMILES string of the molecule is CNc1ccc(OC(F)C(F)F)c(F)c1. The van der Waals surface area contributed by atoms with E-state index in [1.807, 2.05) is 0 Å². The fraction of sp³-hybridized carbons (Fsp3) is 0.333. The van der Waals surface area contributed by atoms with Gasteiger partial charge in [0.05, 0.1) is 0 Å². The highest BCUT2D eigenvalue weighted by molar-refractivity contribution is 5.46. The number of anilines is 1. The van der Waals surface area contributed by atoms with E-state index in [0.717, 1.165) is 12.1 Å². The van der Waals surface area contributed by atoms with Gasteiger partial charge in [-0.05, 0) is 12.1 Å². The molecule has 1 aromatic rings. The molecule has 0 aliphatic carbocycles. The molecule has 1 atom stereocenters. The molecule has 6 heteroatoms. The molecule has 0 aliphatic heterocycles. The molecule has 1 N–H and O–H groups in total. The third-order valence-electron chi connectivity index (χ3n) is 1.66. The van der Waals surface area contributed by atoms with Gasteiger partial charge >= 0.3 is 6.43 Å². The summed E-state index contributed by atoms with van der Waals surface area (Å²) in [5, 5.41) is 2.63. The first-order valence-corrected chi connectivity index (χ1v) is 4.10. The van der Waals surface area contributed by atoms with E-state index >= 15 is 0 Å². The van der Waals surface area contributed by atoms with Gasteiger partial charge in [-0.25, -0.2) is 13.2 Å². The molecule has 0 amide bonds. The molecular weight excluding hydrogens is 214 g/mol. The second-order valence-corrected chi connectivity index (χ2v) is 2.70. The number of hydrogen-bond acceptors (Lipinski definition) is 2. The van der Waals surface area contributed by atoms with Crippen LogP contribution in [0.15, 0.2) is 18.2 Å². The molecule has 0 saturated carbocycles. The van der Waals surface area contributed by atoms with E-state index in [-0.39, 0.29) is 0 Å². The Morgan fingerprint density at radius 2 is 1.93 bits per heavy atom. The Kier molecular flexibility index (Phi) is 3.76. The van der Waals surface area contributed by atoms with Crippen molar-refractivity contribution < 1.29 is 22.3 Å². The lowest BCUT2D eigenvalue weighted by molar-refractivity contribution is -0.0684. The van der Waals surface area contributed by atoms with E-state index in [1.165, 1.54) is 6.07 Å². The second-order valence-electron chi connectivity index (χ2n) is 2.70. The van der Waals surface area contributed by atoms with Crippen LogP contribution in [0.5, 0.6) is 5.75 Å². The molecule has 84 valence electrons. The predicted octanol–water partition coefficient (Wildman–Crippen LogP) is 2.81. The first kappa shape index (κ1) is 11.6. The number of halogens is 4. The number of ether oxygens (including phenoxy) is 1. The van der Waals surface area contributed by atoms with Crippen molar-refractivity contribution in [1.82, 2.24) is 0 Å². The average Bonchev–Trinajstić information content (AvgIpc) is 2.20. The van der Waals surface area contributed by atoms with Gasteiger partial charge in [0.1, 0.15) is 0 Å². The van der Waals surface area contributed by atoms with Crippen molar-refractivity contribution in [2.45, 2.75) is 12.8 Å². The van der Waals surface area contributed by atoms with E-state index in [1.54, 1.807) is 7.05 Å². The van der Waals surface area contributed by atoms with Crippen molar-refractivity contribution >= 4 is 5.69 Å². The van der Waals surface area contributed by atoms with Gasteiger partial charge in [-0.1, -0.05) is 0 Å². The van der Waals surface area contributed by atoms with Crippen molar-refractivity contribution in [3.63, 3.8) is 0 Å². The van der Waals surface area contributed by atoms with Crippen LogP contribution in [-0.2, 0) is 0 Å². The number of hydrogen-bond donors (Lipinski definition) is 1. The molecule has 15 heavy (non-hydrogen) atoms. The lowest BCUT2D eigenvalue weighted by Crippen LogP contribution is -2.20. The van der Waals surface area contributed by atoms with Crippen LogP contribution in [0.25, 0.3) is 0 Å². The molecule has 0 aromatic heterocycles. The summed E-state index contributed by atoms with van der Waals surface area (Å²) >= 11 is 0. The number of rotatable bonds is 4. The van der Waals surface area contributed by atoms with Gasteiger partial charge in [0.25, 0.3) is 6.36 Å². The van der Waals surface area contributed by atoms with Crippen molar-refractivity contribution in [1.29, 1.82) is 0 Å². The third kappa shape index (κ3) is 3.00. The number of alkyl halides is 3. The topological polar surface area (TPSA) is 21.3 Å². The van der Waals surface area contributed by atoms with Gasteiger partial charge in [0.2, 0.25) is 0 Å². The van der Waals surface area contributed by atoms with Crippen molar-refractivity contribution in [3.8, 4) is 5.75 Å². The standard InChI is InChI=1S/C9H9F4NO/c1-14-5-2-3-7(6(10)4-5)15-9(13)8(11)12/h2-4,8-9,14H,1H3. The summed E-state index contributed by atoms with van der Waals surface area (Å²) in [4.78, 5) is 0. The monoisotopic (exact) mass is 223 g/mol. The van der Waals surface area contributed by atoms with Crippen LogP contribution < -0.4 is 10.1 Å². The molecule has 0 aliphatic rings. The van der Waals surface area contributed by atoms with E-state index in [0.29, 0.717) is 5.69 Å². The molecule has 0 spiro atoms. The molecule has 1 aromatic carbocycles. The summed E-state index contributed by atoms with van der Waals surface area (Å²) in [6.07, 6.45) is -6.12. The highest BCUT2D eigenvalue weighted by atomic mass is 19.3. The molecule has 1 unspecified atom stereocenters. The maximum absolute atomic E-state index is 13.1. The fourth-order valence-corrected chi connectivity index (χ4v) is 0.925. The van der Waals surface area contributed by atoms with E-state index in [4.69, 9.17) is 0 Å². The van der Waals surface area contributed by atoms with Crippen molar-refractivity contribution in [3.05, 3.63) is 24.0 Å². The van der Waals surface area contributed by atoms with Crippen LogP contribution in [0.3, 0.4) is 0 Å². The molecule has 2 nitrogen and oxygen atoms in total. The first-order valence-electron chi connectivity index (χ1n) is 4.10. The Labute approximate surface area is 83.9 Å². The molecule has 1 rings (SSSR count). The minimum Gasteiger partial charge on any atom is -0.451 e. The maximum atomic E-state index is 13.1. The summed E-state index contributed by atoms with van der Waals surface area (Å²) < 4.78 is 53.1. The Balaban J connectivity index is 2.78. The number of benzene rings is 1. The summed E-state index contributed by atoms with van der Waals surface area (Å²) in [6, 6.07) is 3.49. The minimum absolute atomic E-state index is 0.437. The summed E-state index contributed by atoms with van der Waals surface area (Å²) in [5.74, 6) is -1.44. The van der Waals surface area contributed by atoms with E-state index < -0.39 is 24.3 Å². The highest BCUT2D eigenvalue weighted by Gasteiger charge is 2.22. The van der Waals surface area contributed by atoms with Crippen molar-refractivity contribution in [2.24, 2.45) is 0 Å². The summed E-state index contributed by atoms with van der Waals surface area (Å²) in [7, 11) is 1.56.